The molecule has 5 N–H and O–H groups in total. The summed E-state index contributed by atoms with van der Waals surface area (Å²) in [4.78, 5) is 99.3. The standard InChI is InChI=1S/C32H44N6O8/c1-6-22(39)16-33-26(42)18-36-30(46)23(14-21-10-8-7-9-11-21)37-27(43)19-35-25(41)17-34-24(40)15-31(2,3)20-32(4,5)38-28(44)12-13-29(38)45/h7-13,23H,6,14-20H2,1-5H3,(H,33,42)(H,34,40)(H,35,41)(H,36,46)(H,37,43)/t23-/m0/s1. The molecule has 0 bridgehead atoms. The highest BCUT2D eigenvalue weighted by molar-refractivity contribution is 6.13. The molecule has 0 aromatic heterocycles. The molecule has 14 nitrogen and oxygen atoms in total. The number of hydrogen-bond donors (Lipinski definition) is 5. The Labute approximate surface area is 268 Å². The molecule has 2 rings (SSSR count). The molecule has 1 atom stereocenters. The average Bonchev–Trinajstić information content (AvgIpc) is 3.34. The normalized spacial score (nSPS) is 13.5. The third-order valence-corrected chi connectivity index (χ3v) is 7.09. The summed E-state index contributed by atoms with van der Waals surface area (Å²) in [5.74, 6) is -3.91. The van der Waals surface area contributed by atoms with E-state index in [1.807, 2.05) is 13.8 Å². The van der Waals surface area contributed by atoms with Crippen LogP contribution in [-0.2, 0) is 44.8 Å². The molecule has 0 radical (unpaired) electrons. The quantitative estimate of drug-likeness (QED) is 0.134. The number of nitrogens with zero attached hydrogens (tertiary/aromatic N) is 1. The molecule has 1 heterocycles. The van der Waals surface area contributed by atoms with E-state index in [-0.39, 0.29) is 31.6 Å². The van der Waals surface area contributed by atoms with Crippen LogP contribution >= 0.6 is 0 Å². The summed E-state index contributed by atoms with van der Waals surface area (Å²) in [6, 6.07) is 7.81. The zero-order chi connectivity index (χ0) is 34.5. The number of ketones is 1. The van der Waals surface area contributed by atoms with Crippen molar-refractivity contribution < 1.29 is 38.4 Å². The van der Waals surface area contributed by atoms with Gasteiger partial charge in [-0.1, -0.05) is 51.1 Å². The number of imide groups is 1. The molecule has 0 aliphatic carbocycles. The summed E-state index contributed by atoms with van der Waals surface area (Å²) in [7, 11) is 0. The summed E-state index contributed by atoms with van der Waals surface area (Å²) in [5.41, 5.74) is -0.729. The number of benzene rings is 1. The van der Waals surface area contributed by atoms with Crippen LogP contribution in [0.15, 0.2) is 42.5 Å². The number of carbonyl (C=O) groups is 8. The topological polar surface area (TPSA) is 200 Å². The van der Waals surface area contributed by atoms with E-state index in [0.29, 0.717) is 6.42 Å². The van der Waals surface area contributed by atoms with Crippen molar-refractivity contribution in [1.29, 1.82) is 0 Å². The van der Waals surface area contributed by atoms with Gasteiger partial charge in [-0.25, -0.2) is 0 Å². The van der Waals surface area contributed by atoms with Gasteiger partial charge >= 0.3 is 0 Å². The predicted molar refractivity (Wildman–Crippen MR) is 168 cm³/mol. The van der Waals surface area contributed by atoms with E-state index in [2.05, 4.69) is 26.6 Å². The first-order valence-corrected chi connectivity index (χ1v) is 15.0. The predicted octanol–water partition coefficient (Wildman–Crippen LogP) is -0.332. The van der Waals surface area contributed by atoms with Crippen LogP contribution in [0.5, 0.6) is 0 Å². The minimum atomic E-state index is -1.06. The van der Waals surface area contributed by atoms with Gasteiger partial charge in [0.1, 0.15) is 6.04 Å². The molecule has 1 aliphatic heterocycles. The number of carbonyl (C=O) groups excluding carboxylic acids is 8. The lowest BCUT2D eigenvalue weighted by Crippen LogP contribution is -2.52. The summed E-state index contributed by atoms with van der Waals surface area (Å²) in [6.45, 7) is 7.38. The Morgan fingerprint density at radius 1 is 0.717 bits per heavy atom. The van der Waals surface area contributed by atoms with Crippen molar-refractivity contribution in [2.45, 2.75) is 71.9 Å². The molecule has 14 heteroatoms. The van der Waals surface area contributed by atoms with Gasteiger partial charge in [-0.2, -0.15) is 0 Å². The van der Waals surface area contributed by atoms with Crippen molar-refractivity contribution >= 4 is 47.1 Å². The first-order chi connectivity index (χ1) is 21.5. The van der Waals surface area contributed by atoms with E-state index >= 15 is 0 Å². The molecule has 46 heavy (non-hydrogen) atoms. The molecule has 0 saturated heterocycles. The Hall–Kier alpha value is -4.88. The fraction of sp³-hybridized carbons (Fsp3) is 0.500. The maximum absolute atomic E-state index is 12.9. The van der Waals surface area contributed by atoms with Gasteiger partial charge in [0.2, 0.25) is 29.5 Å². The maximum atomic E-state index is 12.9. The van der Waals surface area contributed by atoms with Crippen LogP contribution in [-0.4, -0.2) is 89.8 Å². The van der Waals surface area contributed by atoms with Crippen LogP contribution in [0.25, 0.3) is 0 Å². The molecule has 0 fully saturated rings. The molecule has 1 aliphatic rings. The van der Waals surface area contributed by atoms with E-state index in [1.165, 1.54) is 12.2 Å². The summed E-state index contributed by atoms with van der Waals surface area (Å²) < 4.78 is 0. The van der Waals surface area contributed by atoms with Crippen molar-refractivity contribution in [3.63, 3.8) is 0 Å². The van der Waals surface area contributed by atoms with E-state index in [1.54, 1.807) is 51.1 Å². The fourth-order valence-electron chi connectivity index (χ4n) is 5.21. The molecule has 1 aromatic rings. The van der Waals surface area contributed by atoms with Gasteiger partial charge in [0.25, 0.3) is 11.8 Å². The maximum Gasteiger partial charge on any atom is 0.254 e. The van der Waals surface area contributed by atoms with E-state index in [9.17, 15) is 38.4 Å². The number of amides is 7. The lowest BCUT2D eigenvalue weighted by molar-refractivity contribution is -0.144. The van der Waals surface area contributed by atoms with Crippen molar-refractivity contribution in [1.82, 2.24) is 31.5 Å². The summed E-state index contributed by atoms with van der Waals surface area (Å²) >= 11 is 0. The fourth-order valence-corrected chi connectivity index (χ4v) is 5.21. The average molecular weight is 641 g/mol. The number of hydrogen-bond acceptors (Lipinski definition) is 8. The Morgan fingerprint density at radius 2 is 1.24 bits per heavy atom. The lowest BCUT2D eigenvalue weighted by atomic mass is 9.76. The van der Waals surface area contributed by atoms with Gasteiger partial charge in [0.15, 0.2) is 5.78 Å². The van der Waals surface area contributed by atoms with Gasteiger partial charge in [0.05, 0.1) is 26.2 Å². The molecule has 250 valence electrons. The molecule has 7 amide bonds. The molecule has 0 unspecified atom stereocenters. The SMILES string of the molecule is CCC(=O)CNC(=O)CNC(=O)[C@H](Cc1ccccc1)NC(=O)CNC(=O)CNC(=O)CC(C)(C)CC(C)(C)N1C(=O)C=CC1=O. The number of rotatable bonds is 18. The Kier molecular flexibility index (Phi) is 13.8. The zero-order valence-corrected chi connectivity index (χ0v) is 27.0. The molecule has 0 spiro atoms. The van der Waals surface area contributed by atoms with Crippen LogP contribution in [0.2, 0.25) is 0 Å². The Balaban J connectivity index is 1.84. The van der Waals surface area contributed by atoms with Crippen molar-refractivity contribution in [3.8, 4) is 0 Å². The van der Waals surface area contributed by atoms with Gasteiger partial charge in [0, 0.05) is 37.0 Å². The molecule has 0 saturated carbocycles. The lowest BCUT2D eigenvalue weighted by Gasteiger charge is -2.40. The Morgan fingerprint density at radius 3 is 1.83 bits per heavy atom. The van der Waals surface area contributed by atoms with E-state index < -0.39 is 78.0 Å². The van der Waals surface area contributed by atoms with Crippen LogP contribution in [0.3, 0.4) is 0 Å². The zero-order valence-electron chi connectivity index (χ0n) is 27.0. The molecule has 1 aromatic carbocycles. The molecular formula is C32H44N6O8. The van der Waals surface area contributed by atoms with Crippen molar-refractivity contribution in [2.75, 3.05) is 26.2 Å². The summed E-state index contributed by atoms with van der Waals surface area (Å²) in [6.07, 6.45) is 3.14. The van der Waals surface area contributed by atoms with E-state index in [0.717, 1.165) is 10.5 Å². The van der Waals surface area contributed by atoms with Crippen LogP contribution in [0.4, 0.5) is 0 Å². The minimum absolute atomic E-state index is 0.0110. The number of Topliss-reactive ketones (excluding diaryl/α,β-unsaturated/α-hetero) is 1. The smallest absolute Gasteiger partial charge is 0.254 e. The third kappa shape index (κ3) is 12.6. The highest BCUT2D eigenvalue weighted by Crippen LogP contribution is 2.35. The van der Waals surface area contributed by atoms with Gasteiger partial charge in [-0.3, -0.25) is 43.3 Å². The second kappa shape index (κ2) is 17.0. The van der Waals surface area contributed by atoms with Gasteiger partial charge in [-0.15, -0.1) is 0 Å². The number of nitrogens with one attached hydrogen (secondary N) is 5. The van der Waals surface area contributed by atoms with Gasteiger partial charge in [-0.05, 0) is 31.2 Å². The van der Waals surface area contributed by atoms with Crippen molar-refractivity contribution in [2.24, 2.45) is 5.41 Å². The van der Waals surface area contributed by atoms with Crippen LogP contribution < -0.4 is 26.6 Å². The minimum Gasteiger partial charge on any atom is -0.347 e. The van der Waals surface area contributed by atoms with E-state index in [4.69, 9.17) is 0 Å². The molecular weight excluding hydrogens is 596 g/mol. The highest BCUT2D eigenvalue weighted by atomic mass is 16.2. The summed E-state index contributed by atoms with van der Waals surface area (Å²) in [5, 5.41) is 12.3. The monoisotopic (exact) mass is 640 g/mol. The second-order valence-electron chi connectivity index (χ2n) is 12.4. The van der Waals surface area contributed by atoms with Crippen LogP contribution in [0, 0.1) is 5.41 Å². The first kappa shape index (κ1) is 37.3. The van der Waals surface area contributed by atoms with Crippen molar-refractivity contribution in [3.05, 3.63) is 48.0 Å². The first-order valence-electron chi connectivity index (χ1n) is 15.0. The third-order valence-electron chi connectivity index (χ3n) is 7.09. The second-order valence-corrected chi connectivity index (χ2v) is 12.4. The highest BCUT2D eigenvalue weighted by Gasteiger charge is 2.41. The van der Waals surface area contributed by atoms with Gasteiger partial charge < -0.3 is 26.6 Å². The Bertz CT molecular complexity index is 1340. The van der Waals surface area contributed by atoms with Crippen LogP contribution in [0.1, 0.15) is 59.4 Å². The largest absolute Gasteiger partial charge is 0.347 e.